The standard InChI is InChI=1S/C17H17F2NO2/c1-11(15(21)10-12-6-3-2-4-7-12)20-17(22)13-8-5-9-14(18)16(13)19/h2-9,11,15,21H,10H2,1H3,(H,20,22). The first-order chi connectivity index (χ1) is 10.5. The van der Waals surface area contributed by atoms with Crippen LogP contribution < -0.4 is 5.32 Å². The van der Waals surface area contributed by atoms with Crippen molar-refractivity contribution in [3.8, 4) is 0 Å². The van der Waals surface area contributed by atoms with Gasteiger partial charge in [-0.3, -0.25) is 4.79 Å². The predicted molar refractivity (Wildman–Crippen MR) is 79.4 cm³/mol. The highest BCUT2D eigenvalue weighted by Gasteiger charge is 2.20. The van der Waals surface area contributed by atoms with E-state index in [9.17, 15) is 18.7 Å². The Hall–Kier alpha value is -2.27. The molecule has 0 radical (unpaired) electrons. The van der Waals surface area contributed by atoms with Crippen molar-refractivity contribution in [3.05, 3.63) is 71.3 Å². The Balaban J connectivity index is 2.00. The van der Waals surface area contributed by atoms with E-state index in [2.05, 4.69) is 5.32 Å². The Morgan fingerprint density at radius 1 is 1.14 bits per heavy atom. The molecule has 2 unspecified atom stereocenters. The highest BCUT2D eigenvalue weighted by atomic mass is 19.2. The molecule has 116 valence electrons. The van der Waals surface area contributed by atoms with Crippen LogP contribution in [0.25, 0.3) is 0 Å². The van der Waals surface area contributed by atoms with Crippen LogP contribution in [-0.4, -0.2) is 23.2 Å². The van der Waals surface area contributed by atoms with E-state index in [-0.39, 0.29) is 5.56 Å². The van der Waals surface area contributed by atoms with Crippen molar-refractivity contribution in [2.24, 2.45) is 0 Å². The Morgan fingerprint density at radius 3 is 2.50 bits per heavy atom. The average Bonchev–Trinajstić information content (AvgIpc) is 2.50. The van der Waals surface area contributed by atoms with Crippen LogP contribution in [0.4, 0.5) is 8.78 Å². The molecule has 2 aromatic carbocycles. The summed E-state index contributed by atoms with van der Waals surface area (Å²) in [5.74, 6) is -3.02. The maximum atomic E-state index is 13.6. The minimum atomic E-state index is -1.19. The molecule has 0 bridgehead atoms. The molecule has 22 heavy (non-hydrogen) atoms. The Morgan fingerprint density at radius 2 is 1.82 bits per heavy atom. The number of nitrogens with one attached hydrogen (secondary N) is 1. The second-order valence-corrected chi connectivity index (χ2v) is 5.12. The minimum Gasteiger partial charge on any atom is -0.391 e. The monoisotopic (exact) mass is 305 g/mol. The summed E-state index contributed by atoms with van der Waals surface area (Å²) < 4.78 is 26.7. The molecule has 0 aliphatic rings. The zero-order chi connectivity index (χ0) is 16.1. The number of hydrogen-bond acceptors (Lipinski definition) is 2. The molecule has 0 spiro atoms. The summed E-state index contributed by atoms with van der Waals surface area (Å²) in [5.41, 5.74) is 0.548. The zero-order valence-electron chi connectivity index (χ0n) is 12.1. The molecule has 0 aliphatic heterocycles. The van der Waals surface area contributed by atoms with E-state index in [4.69, 9.17) is 0 Å². The Bertz CT molecular complexity index is 646. The summed E-state index contributed by atoms with van der Waals surface area (Å²) in [6.07, 6.45) is -0.476. The maximum Gasteiger partial charge on any atom is 0.254 e. The third-order valence-electron chi connectivity index (χ3n) is 3.42. The van der Waals surface area contributed by atoms with Crippen LogP contribution in [0.15, 0.2) is 48.5 Å². The Kier molecular flexibility index (Phi) is 5.22. The molecule has 1 amide bonds. The molecule has 2 N–H and O–H groups in total. The maximum absolute atomic E-state index is 13.6. The lowest BCUT2D eigenvalue weighted by molar-refractivity contribution is 0.0847. The number of aliphatic hydroxyl groups excluding tert-OH is 1. The van der Waals surface area contributed by atoms with Crippen LogP contribution in [0.2, 0.25) is 0 Å². The average molecular weight is 305 g/mol. The Labute approximate surface area is 127 Å². The molecule has 0 aromatic heterocycles. The van der Waals surface area contributed by atoms with Gasteiger partial charge in [-0.05, 0) is 24.6 Å². The largest absolute Gasteiger partial charge is 0.391 e. The topological polar surface area (TPSA) is 49.3 Å². The summed E-state index contributed by atoms with van der Waals surface area (Å²) >= 11 is 0. The lowest BCUT2D eigenvalue weighted by Crippen LogP contribution is -2.42. The van der Waals surface area contributed by atoms with Gasteiger partial charge >= 0.3 is 0 Å². The van der Waals surface area contributed by atoms with Gasteiger partial charge in [0.25, 0.3) is 5.91 Å². The van der Waals surface area contributed by atoms with E-state index >= 15 is 0 Å². The van der Waals surface area contributed by atoms with E-state index < -0.39 is 29.7 Å². The van der Waals surface area contributed by atoms with Gasteiger partial charge in [-0.25, -0.2) is 8.78 Å². The molecule has 2 rings (SSSR count). The van der Waals surface area contributed by atoms with Gasteiger partial charge in [-0.1, -0.05) is 36.4 Å². The normalized spacial score (nSPS) is 13.5. The summed E-state index contributed by atoms with van der Waals surface area (Å²) in [7, 11) is 0. The molecular formula is C17H17F2NO2. The summed E-state index contributed by atoms with van der Waals surface area (Å²) in [4.78, 5) is 12.0. The second kappa shape index (κ2) is 7.13. The fourth-order valence-electron chi connectivity index (χ4n) is 2.09. The third-order valence-corrected chi connectivity index (χ3v) is 3.42. The first kappa shape index (κ1) is 16.1. The highest BCUT2D eigenvalue weighted by molar-refractivity contribution is 5.94. The highest BCUT2D eigenvalue weighted by Crippen LogP contribution is 2.12. The molecular weight excluding hydrogens is 288 g/mol. The van der Waals surface area contributed by atoms with Crippen molar-refractivity contribution < 1.29 is 18.7 Å². The zero-order valence-corrected chi connectivity index (χ0v) is 12.1. The van der Waals surface area contributed by atoms with Crippen molar-refractivity contribution in [3.63, 3.8) is 0 Å². The van der Waals surface area contributed by atoms with Gasteiger partial charge in [0, 0.05) is 6.42 Å². The predicted octanol–water partition coefficient (Wildman–Crippen LogP) is 2.69. The first-order valence-electron chi connectivity index (χ1n) is 6.96. The molecule has 0 aliphatic carbocycles. The first-order valence-corrected chi connectivity index (χ1v) is 6.96. The fourth-order valence-corrected chi connectivity index (χ4v) is 2.09. The van der Waals surface area contributed by atoms with E-state index in [1.165, 1.54) is 12.1 Å². The van der Waals surface area contributed by atoms with Crippen molar-refractivity contribution in [1.29, 1.82) is 0 Å². The van der Waals surface area contributed by atoms with E-state index in [0.717, 1.165) is 11.6 Å². The van der Waals surface area contributed by atoms with Crippen molar-refractivity contribution in [1.82, 2.24) is 5.32 Å². The van der Waals surface area contributed by atoms with Crippen LogP contribution >= 0.6 is 0 Å². The molecule has 2 atom stereocenters. The summed E-state index contributed by atoms with van der Waals surface area (Å²) in [6, 6.07) is 12.1. The molecule has 5 heteroatoms. The fraction of sp³-hybridized carbons (Fsp3) is 0.235. The van der Waals surface area contributed by atoms with Crippen LogP contribution in [0.1, 0.15) is 22.8 Å². The van der Waals surface area contributed by atoms with Gasteiger partial charge in [0.15, 0.2) is 11.6 Å². The summed E-state index contributed by atoms with van der Waals surface area (Å²) in [6.45, 7) is 1.61. The molecule has 3 nitrogen and oxygen atoms in total. The van der Waals surface area contributed by atoms with Crippen LogP contribution in [0, 0.1) is 11.6 Å². The number of carbonyl (C=O) groups is 1. The minimum absolute atomic E-state index is 0.355. The summed E-state index contributed by atoms with van der Waals surface area (Å²) in [5, 5.41) is 12.6. The van der Waals surface area contributed by atoms with E-state index in [1.807, 2.05) is 30.3 Å². The number of hydrogen-bond donors (Lipinski definition) is 2. The number of carbonyl (C=O) groups excluding carboxylic acids is 1. The number of aliphatic hydroxyl groups is 1. The molecule has 0 saturated heterocycles. The van der Waals surface area contributed by atoms with Crippen LogP contribution in [0.3, 0.4) is 0 Å². The molecule has 2 aromatic rings. The lowest BCUT2D eigenvalue weighted by Gasteiger charge is -2.20. The molecule has 0 heterocycles. The van der Waals surface area contributed by atoms with E-state index in [0.29, 0.717) is 6.42 Å². The van der Waals surface area contributed by atoms with Crippen molar-refractivity contribution in [2.45, 2.75) is 25.5 Å². The van der Waals surface area contributed by atoms with Crippen molar-refractivity contribution in [2.75, 3.05) is 0 Å². The number of benzene rings is 2. The van der Waals surface area contributed by atoms with Gasteiger partial charge in [-0.15, -0.1) is 0 Å². The number of amides is 1. The van der Waals surface area contributed by atoms with Gasteiger partial charge in [0.05, 0.1) is 17.7 Å². The quantitative estimate of drug-likeness (QED) is 0.892. The second-order valence-electron chi connectivity index (χ2n) is 5.12. The number of rotatable bonds is 5. The van der Waals surface area contributed by atoms with Crippen LogP contribution in [-0.2, 0) is 6.42 Å². The van der Waals surface area contributed by atoms with Gasteiger partial charge in [0.1, 0.15) is 0 Å². The van der Waals surface area contributed by atoms with Crippen molar-refractivity contribution >= 4 is 5.91 Å². The van der Waals surface area contributed by atoms with E-state index in [1.54, 1.807) is 6.92 Å². The van der Waals surface area contributed by atoms with Gasteiger partial charge < -0.3 is 10.4 Å². The smallest absolute Gasteiger partial charge is 0.254 e. The SMILES string of the molecule is CC(NC(=O)c1cccc(F)c1F)C(O)Cc1ccccc1. The molecule has 0 fully saturated rings. The van der Waals surface area contributed by atoms with Gasteiger partial charge in [0.2, 0.25) is 0 Å². The van der Waals surface area contributed by atoms with Gasteiger partial charge in [-0.2, -0.15) is 0 Å². The molecule has 0 saturated carbocycles. The number of halogens is 2. The lowest BCUT2D eigenvalue weighted by atomic mass is 10.0. The third kappa shape index (κ3) is 3.89. The van der Waals surface area contributed by atoms with Crippen LogP contribution in [0.5, 0.6) is 0 Å².